The first-order chi connectivity index (χ1) is 28.6. The van der Waals surface area contributed by atoms with Gasteiger partial charge in [0.15, 0.2) is 6.04 Å². The Hall–Kier alpha value is -2.56. The van der Waals surface area contributed by atoms with Crippen molar-refractivity contribution < 1.29 is 47.8 Å². The number of ether oxygens (including phenoxy) is 1. The second-order valence-corrected chi connectivity index (χ2v) is 17.0. The van der Waals surface area contributed by atoms with Gasteiger partial charge in [0.25, 0.3) is 0 Å². The molecule has 342 valence electrons. The van der Waals surface area contributed by atoms with Crippen LogP contribution in [0.4, 0.5) is 0 Å². The standard InChI is InChI=1S/C47H84NO10P/c1-3-5-7-9-11-13-15-17-18-19-20-21-22-23-24-25-26-27-28-30-32-34-36-38-45(50)48-44(47(52)53)42-58-59(54,55)57-41-43(49)40-56-46(51)39-37-35-33-31-29-16-14-12-10-8-6-4-2/h11-14,17-18,20-21,43-44,49H,3-10,15-16,19,22-42H2,1-2H3,(H,48,50)(H,52,53)(H,54,55)/b13-11-,14-12-,18-17-,21-20-. The number of nitrogens with one attached hydrogen (secondary N) is 1. The Labute approximate surface area is 358 Å². The van der Waals surface area contributed by atoms with E-state index < -0.39 is 57.6 Å². The number of hydrogen-bond acceptors (Lipinski definition) is 8. The summed E-state index contributed by atoms with van der Waals surface area (Å²) in [4.78, 5) is 45.9. The maximum atomic E-state index is 12.3. The summed E-state index contributed by atoms with van der Waals surface area (Å²) in [6, 6.07) is -1.55. The first-order valence-electron chi connectivity index (χ1n) is 23.2. The average Bonchev–Trinajstić information content (AvgIpc) is 3.21. The molecule has 0 bridgehead atoms. The molecule has 0 aromatic rings. The lowest BCUT2D eigenvalue weighted by molar-refractivity contribution is -0.147. The molecule has 0 radical (unpaired) electrons. The normalized spacial score (nSPS) is 14.1. The number of amides is 1. The monoisotopic (exact) mass is 854 g/mol. The van der Waals surface area contributed by atoms with E-state index in [4.69, 9.17) is 13.8 Å². The number of phosphoric acid groups is 1. The first-order valence-corrected chi connectivity index (χ1v) is 24.7. The molecular weight excluding hydrogens is 769 g/mol. The molecule has 0 fully saturated rings. The van der Waals surface area contributed by atoms with Gasteiger partial charge in [0.1, 0.15) is 12.7 Å². The summed E-state index contributed by atoms with van der Waals surface area (Å²) in [7, 11) is -4.76. The minimum absolute atomic E-state index is 0.139. The van der Waals surface area contributed by atoms with Crippen molar-refractivity contribution in [2.75, 3.05) is 19.8 Å². The Bertz CT molecular complexity index is 1190. The van der Waals surface area contributed by atoms with Crippen molar-refractivity contribution in [1.82, 2.24) is 5.32 Å². The third-order valence-electron chi connectivity index (χ3n) is 9.84. The van der Waals surface area contributed by atoms with Crippen LogP contribution in [-0.2, 0) is 32.7 Å². The average molecular weight is 854 g/mol. The van der Waals surface area contributed by atoms with Crippen LogP contribution in [-0.4, -0.2) is 64.9 Å². The SMILES string of the molecule is CCCCC/C=C\C/C=C\C/C=C\CCCCCCCCCCCCC(=O)NC(COP(=O)(O)OCC(O)COC(=O)CCCCCCC/C=C\CCCCC)C(=O)O. The number of carbonyl (C=O) groups is 3. The van der Waals surface area contributed by atoms with Crippen molar-refractivity contribution in [3.05, 3.63) is 48.6 Å². The van der Waals surface area contributed by atoms with E-state index >= 15 is 0 Å². The van der Waals surface area contributed by atoms with Gasteiger partial charge in [0.2, 0.25) is 5.91 Å². The molecule has 12 heteroatoms. The van der Waals surface area contributed by atoms with Gasteiger partial charge < -0.3 is 25.2 Å². The highest BCUT2D eigenvalue weighted by Gasteiger charge is 2.28. The van der Waals surface area contributed by atoms with Crippen molar-refractivity contribution in [1.29, 1.82) is 0 Å². The molecular formula is C47H84NO10P. The van der Waals surface area contributed by atoms with Crippen LogP contribution in [0.1, 0.15) is 200 Å². The molecule has 3 atom stereocenters. The van der Waals surface area contributed by atoms with Gasteiger partial charge in [-0.3, -0.25) is 18.6 Å². The summed E-state index contributed by atoms with van der Waals surface area (Å²) in [6.45, 7) is 2.53. The number of carboxylic acids is 1. The van der Waals surface area contributed by atoms with Gasteiger partial charge in [-0.2, -0.15) is 0 Å². The molecule has 4 N–H and O–H groups in total. The number of phosphoric ester groups is 1. The molecule has 0 aliphatic carbocycles. The van der Waals surface area contributed by atoms with E-state index in [1.165, 1.54) is 77.0 Å². The summed E-state index contributed by atoms with van der Waals surface area (Å²) in [5, 5.41) is 21.8. The highest BCUT2D eigenvalue weighted by molar-refractivity contribution is 7.47. The third kappa shape index (κ3) is 41.9. The molecule has 0 saturated heterocycles. The highest BCUT2D eigenvalue weighted by atomic mass is 31.2. The van der Waals surface area contributed by atoms with E-state index in [1.54, 1.807) is 0 Å². The van der Waals surface area contributed by atoms with Crippen LogP contribution in [0.2, 0.25) is 0 Å². The van der Waals surface area contributed by atoms with Crippen LogP contribution in [0.15, 0.2) is 48.6 Å². The fraction of sp³-hybridized carbons (Fsp3) is 0.766. The maximum Gasteiger partial charge on any atom is 0.472 e. The van der Waals surface area contributed by atoms with E-state index in [9.17, 15) is 34.1 Å². The van der Waals surface area contributed by atoms with Crippen molar-refractivity contribution in [3.63, 3.8) is 0 Å². The van der Waals surface area contributed by atoms with Gasteiger partial charge in [-0.05, 0) is 77.0 Å². The molecule has 0 aromatic heterocycles. The Balaban J connectivity index is 3.88. The van der Waals surface area contributed by atoms with Gasteiger partial charge in [-0.1, -0.05) is 159 Å². The second kappa shape index (κ2) is 42.1. The van der Waals surface area contributed by atoms with Crippen LogP contribution in [0, 0.1) is 0 Å². The number of unbranched alkanes of at least 4 members (excludes halogenated alkanes) is 21. The fourth-order valence-corrected chi connectivity index (χ4v) is 6.97. The molecule has 0 aromatic carbocycles. The van der Waals surface area contributed by atoms with Crippen LogP contribution in [0.5, 0.6) is 0 Å². The number of carbonyl (C=O) groups excluding carboxylic acids is 2. The molecule has 0 heterocycles. The van der Waals surface area contributed by atoms with Crippen LogP contribution < -0.4 is 5.32 Å². The molecule has 1 amide bonds. The maximum absolute atomic E-state index is 12.3. The Kier molecular flexibility index (Phi) is 40.3. The number of aliphatic carboxylic acids is 1. The molecule has 0 saturated carbocycles. The smallest absolute Gasteiger partial charge is 0.472 e. The quantitative estimate of drug-likeness (QED) is 0.0200. The van der Waals surface area contributed by atoms with Crippen molar-refractivity contribution in [3.8, 4) is 0 Å². The molecule has 0 aliphatic heterocycles. The Morgan fingerprint density at radius 1 is 0.542 bits per heavy atom. The highest BCUT2D eigenvalue weighted by Crippen LogP contribution is 2.43. The van der Waals surface area contributed by atoms with E-state index in [-0.39, 0.29) is 12.8 Å². The number of aliphatic hydroxyl groups excluding tert-OH is 1. The summed E-state index contributed by atoms with van der Waals surface area (Å²) in [5.74, 6) is -2.39. The third-order valence-corrected chi connectivity index (χ3v) is 10.8. The molecule has 3 unspecified atom stereocenters. The van der Waals surface area contributed by atoms with Crippen molar-refractivity contribution in [2.24, 2.45) is 0 Å². The molecule has 0 spiro atoms. The van der Waals surface area contributed by atoms with Gasteiger partial charge >= 0.3 is 19.8 Å². The van der Waals surface area contributed by atoms with Gasteiger partial charge in [0, 0.05) is 12.8 Å². The lowest BCUT2D eigenvalue weighted by Gasteiger charge is -2.18. The zero-order valence-electron chi connectivity index (χ0n) is 37.0. The fourth-order valence-electron chi connectivity index (χ4n) is 6.20. The lowest BCUT2D eigenvalue weighted by atomic mass is 10.0. The van der Waals surface area contributed by atoms with Gasteiger partial charge in [-0.25, -0.2) is 9.36 Å². The zero-order chi connectivity index (χ0) is 43.5. The summed E-state index contributed by atoms with van der Waals surface area (Å²) in [5.41, 5.74) is 0. The van der Waals surface area contributed by atoms with E-state index in [2.05, 4.69) is 67.8 Å². The van der Waals surface area contributed by atoms with E-state index in [1.807, 2.05) is 0 Å². The summed E-state index contributed by atoms with van der Waals surface area (Å²) in [6.07, 6.45) is 47.0. The number of allylic oxidation sites excluding steroid dienone is 8. The van der Waals surface area contributed by atoms with Crippen LogP contribution in [0.25, 0.3) is 0 Å². The Morgan fingerprint density at radius 2 is 0.932 bits per heavy atom. The summed E-state index contributed by atoms with van der Waals surface area (Å²) < 4.78 is 26.8. The minimum Gasteiger partial charge on any atom is -0.480 e. The number of carboxylic acid groups (broad SMARTS) is 1. The number of rotatable bonds is 43. The van der Waals surface area contributed by atoms with Crippen LogP contribution in [0.3, 0.4) is 0 Å². The summed E-state index contributed by atoms with van der Waals surface area (Å²) >= 11 is 0. The minimum atomic E-state index is -4.76. The number of esters is 1. The molecule has 0 aliphatic rings. The Morgan fingerprint density at radius 3 is 1.41 bits per heavy atom. The van der Waals surface area contributed by atoms with E-state index in [0.717, 1.165) is 83.5 Å². The predicted octanol–water partition coefficient (Wildman–Crippen LogP) is 12.2. The zero-order valence-corrected chi connectivity index (χ0v) is 37.9. The number of aliphatic hydroxyl groups is 1. The van der Waals surface area contributed by atoms with E-state index in [0.29, 0.717) is 12.8 Å². The van der Waals surface area contributed by atoms with Gasteiger partial charge in [-0.15, -0.1) is 0 Å². The van der Waals surface area contributed by atoms with Crippen molar-refractivity contribution in [2.45, 2.75) is 212 Å². The van der Waals surface area contributed by atoms with Crippen LogP contribution >= 0.6 is 7.82 Å². The first kappa shape index (κ1) is 56.4. The molecule has 11 nitrogen and oxygen atoms in total. The number of hydrogen-bond donors (Lipinski definition) is 4. The van der Waals surface area contributed by atoms with Gasteiger partial charge in [0.05, 0.1) is 13.2 Å². The molecule has 0 rings (SSSR count). The van der Waals surface area contributed by atoms with Crippen molar-refractivity contribution >= 4 is 25.7 Å². The second-order valence-electron chi connectivity index (χ2n) is 15.6. The molecule has 59 heavy (non-hydrogen) atoms. The predicted molar refractivity (Wildman–Crippen MR) is 240 cm³/mol. The lowest BCUT2D eigenvalue weighted by Crippen LogP contribution is -2.43. The largest absolute Gasteiger partial charge is 0.480 e. The topological polar surface area (TPSA) is 169 Å².